The third-order valence-electron chi connectivity index (χ3n) is 2.99. The molecule has 0 aliphatic carbocycles. The predicted octanol–water partition coefficient (Wildman–Crippen LogP) is 3.15. The van der Waals surface area contributed by atoms with Crippen molar-refractivity contribution in [2.75, 3.05) is 6.54 Å². The van der Waals surface area contributed by atoms with E-state index < -0.39 is 0 Å². The number of benzene rings is 1. The largest absolute Gasteiger partial charge is 0.310 e. The molecule has 1 aromatic rings. The SMILES string of the molecule is CCC(C#N)CNC(C)(C)Cc1ccccc1. The van der Waals surface area contributed by atoms with E-state index in [1.165, 1.54) is 5.56 Å². The first-order valence-electron chi connectivity index (χ1n) is 6.26. The van der Waals surface area contributed by atoms with E-state index in [1.807, 2.05) is 6.07 Å². The summed E-state index contributed by atoms with van der Waals surface area (Å²) in [5.41, 5.74) is 1.36. The van der Waals surface area contributed by atoms with E-state index >= 15 is 0 Å². The van der Waals surface area contributed by atoms with Gasteiger partial charge in [0.05, 0.1) is 12.0 Å². The molecular formula is C15H22N2. The van der Waals surface area contributed by atoms with Gasteiger partial charge in [0.1, 0.15) is 0 Å². The monoisotopic (exact) mass is 230 g/mol. The maximum absolute atomic E-state index is 8.92. The van der Waals surface area contributed by atoms with Crippen LogP contribution in [0.5, 0.6) is 0 Å². The number of nitrogens with one attached hydrogen (secondary N) is 1. The maximum Gasteiger partial charge on any atom is 0.0669 e. The van der Waals surface area contributed by atoms with Crippen molar-refractivity contribution in [1.82, 2.24) is 5.32 Å². The molecule has 0 saturated carbocycles. The van der Waals surface area contributed by atoms with Gasteiger partial charge in [0.25, 0.3) is 0 Å². The Balaban J connectivity index is 2.49. The van der Waals surface area contributed by atoms with Crippen molar-refractivity contribution >= 4 is 0 Å². The number of nitrogens with zero attached hydrogens (tertiary/aromatic N) is 1. The van der Waals surface area contributed by atoms with Crippen LogP contribution in [0, 0.1) is 17.2 Å². The normalized spacial score (nSPS) is 13.1. The summed E-state index contributed by atoms with van der Waals surface area (Å²) in [5, 5.41) is 12.4. The molecule has 1 N–H and O–H groups in total. The zero-order valence-corrected chi connectivity index (χ0v) is 11.0. The van der Waals surface area contributed by atoms with Gasteiger partial charge in [-0.2, -0.15) is 5.26 Å². The van der Waals surface area contributed by atoms with Gasteiger partial charge in [-0.25, -0.2) is 0 Å². The van der Waals surface area contributed by atoms with Crippen molar-refractivity contribution in [3.63, 3.8) is 0 Å². The Hall–Kier alpha value is -1.33. The van der Waals surface area contributed by atoms with Crippen molar-refractivity contribution in [3.8, 4) is 6.07 Å². The zero-order chi connectivity index (χ0) is 12.7. The molecule has 0 heterocycles. The van der Waals surface area contributed by atoms with E-state index in [0.717, 1.165) is 19.4 Å². The first-order valence-corrected chi connectivity index (χ1v) is 6.26. The van der Waals surface area contributed by atoms with E-state index in [0.29, 0.717) is 0 Å². The maximum atomic E-state index is 8.92. The average Bonchev–Trinajstić information content (AvgIpc) is 2.31. The minimum absolute atomic E-state index is 0.0334. The Morgan fingerprint density at radius 2 is 1.94 bits per heavy atom. The molecule has 2 nitrogen and oxygen atoms in total. The molecule has 1 aromatic carbocycles. The molecule has 92 valence electrons. The van der Waals surface area contributed by atoms with Gasteiger partial charge in [0.15, 0.2) is 0 Å². The third kappa shape index (κ3) is 5.01. The Bertz CT molecular complexity index is 362. The van der Waals surface area contributed by atoms with Crippen LogP contribution in [0.4, 0.5) is 0 Å². The molecule has 1 atom stereocenters. The third-order valence-corrected chi connectivity index (χ3v) is 2.99. The van der Waals surface area contributed by atoms with Crippen molar-refractivity contribution in [2.24, 2.45) is 5.92 Å². The van der Waals surface area contributed by atoms with E-state index in [2.05, 4.69) is 56.4 Å². The summed E-state index contributed by atoms with van der Waals surface area (Å²) >= 11 is 0. The number of nitriles is 1. The van der Waals surface area contributed by atoms with E-state index in [4.69, 9.17) is 5.26 Å². The molecule has 2 heteroatoms. The van der Waals surface area contributed by atoms with Crippen LogP contribution in [-0.4, -0.2) is 12.1 Å². The van der Waals surface area contributed by atoms with Crippen molar-refractivity contribution in [1.29, 1.82) is 5.26 Å². The van der Waals surface area contributed by atoms with Crippen LogP contribution in [0.3, 0.4) is 0 Å². The molecule has 0 bridgehead atoms. The average molecular weight is 230 g/mol. The van der Waals surface area contributed by atoms with Gasteiger partial charge in [-0.3, -0.25) is 0 Å². The van der Waals surface area contributed by atoms with Crippen molar-refractivity contribution in [2.45, 2.75) is 39.2 Å². The lowest BCUT2D eigenvalue weighted by Gasteiger charge is -2.27. The fourth-order valence-electron chi connectivity index (χ4n) is 1.85. The summed E-state index contributed by atoms with van der Waals surface area (Å²) in [6.45, 7) is 7.20. The molecular weight excluding hydrogens is 208 g/mol. The zero-order valence-electron chi connectivity index (χ0n) is 11.0. The molecule has 0 radical (unpaired) electrons. The molecule has 0 amide bonds. The highest BCUT2D eigenvalue weighted by Gasteiger charge is 2.19. The van der Waals surface area contributed by atoms with Crippen LogP contribution in [0.1, 0.15) is 32.8 Å². The second-order valence-corrected chi connectivity index (χ2v) is 5.16. The fourth-order valence-corrected chi connectivity index (χ4v) is 1.85. The molecule has 1 unspecified atom stereocenters. The van der Waals surface area contributed by atoms with Gasteiger partial charge in [-0.15, -0.1) is 0 Å². The topological polar surface area (TPSA) is 35.8 Å². The van der Waals surface area contributed by atoms with Crippen LogP contribution in [-0.2, 0) is 6.42 Å². The summed E-state index contributed by atoms with van der Waals surface area (Å²) in [6, 6.07) is 12.8. The highest BCUT2D eigenvalue weighted by Crippen LogP contribution is 2.13. The van der Waals surface area contributed by atoms with E-state index in [-0.39, 0.29) is 11.5 Å². The molecule has 0 fully saturated rings. The lowest BCUT2D eigenvalue weighted by atomic mass is 9.94. The molecule has 0 aromatic heterocycles. The van der Waals surface area contributed by atoms with Gasteiger partial charge in [-0.1, -0.05) is 37.3 Å². The molecule has 0 aliphatic heterocycles. The smallest absolute Gasteiger partial charge is 0.0669 e. The quantitative estimate of drug-likeness (QED) is 0.815. The Morgan fingerprint density at radius 1 is 1.29 bits per heavy atom. The molecule has 1 rings (SSSR count). The minimum atomic E-state index is 0.0334. The van der Waals surface area contributed by atoms with Crippen molar-refractivity contribution < 1.29 is 0 Å². The Labute approximate surface area is 105 Å². The molecule has 0 aliphatic rings. The second kappa shape index (κ2) is 6.42. The van der Waals surface area contributed by atoms with E-state index in [9.17, 15) is 0 Å². The molecule has 17 heavy (non-hydrogen) atoms. The van der Waals surface area contributed by atoms with E-state index in [1.54, 1.807) is 0 Å². The van der Waals surface area contributed by atoms with Gasteiger partial charge in [0.2, 0.25) is 0 Å². The first-order chi connectivity index (χ1) is 8.07. The van der Waals surface area contributed by atoms with Gasteiger partial charge in [-0.05, 0) is 32.3 Å². The highest BCUT2D eigenvalue weighted by molar-refractivity contribution is 5.17. The second-order valence-electron chi connectivity index (χ2n) is 5.16. The summed E-state index contributed by atoms with van der Waals surface area (Å²) in [7, 11) is 0. The summed E-state index contributed by atoms with van der Waals surface area (Å²) in [6.07, 6.45) is 1.89. The summed E-state index contributed by atoms with van der Waals surface area (Å²) in [5.74, 6) is 0.116. The molecule has 0 saturated heterocycles. The van der Waals surface area contributed by atoms with Crippen molar-refractivity contribution in [3.05, 3.63) is 35.9 Å². The fraction of sp³-hybridized carbons (Fsp3) is 0.533. The summed E-state index contributed by atoms with van der Waals surface area (Å²) in [4.78, 5) is 0. The lowest BCUT2D eigenvalue weighted by molar-refractivity contribution is 0.364. The standard InChI is InChI=1S/C15H22N2/c1-4-13(11-16)12-17-15(2,3)10-14-8-6-5-7-9-14/h5-9,13,17H,4,10,12H2,1-3H3. The van der Waals surface area contributed by atoms with Crippen LogP contribution >= 0.6 is 0 Å². The Morgan fingerprint density at radius 3 is 2.47 bits per heavy atom. The predicted molar refractivity (Wildman–Crippen MR) is 71.6 cm³/mol. The van der Waals surface area contributed by atoms with Crippen LogP contribution in [0.2, 0.25) is 0 Å². The van der Waals surface area contributed by atoms with Crippen LogP contribution in [0.15, 0.2) is 30.3 Å². The van der Waals surface area contributed by atoms with Gasteiger partial charge >= 0.3 is 0 Å². The first kappa shape index (κ1) is 13.7. The lowest BCUT2D eigenvalue weighted by Crippen LogP contribution is -2.43. The minimum Gasteiger partial charge on any atom is -0.310 e. The summed E-state index contributed by atoms with van der Waals surface area (Å²) < 4.78 is 0. The van der Waals surface area contributed by atoms with Gasteiger partial charge in [0, 0.05) is 12.1 Å². The number of rotatable bonds is 6. The Kier molecular flexibility index (Phi) is 5.18. The van der Waals surface area contributed by atoms with Crippen LogP contribution in [0.25, 0.3) is 0 Å². The highest BCUT2D eigenvalue weighted by atomic mass is 15.0. The number of hydrogen-bond donors (Lipinski definition) is 1. The molecule has 0 spiro atoms. The number of hydrogen-bond acceptors (Lipinski definition) is 2. The van der Waals surface area contributed by atoms with Crippen LogP contribution < -0.4 is 5.32 Å². The van der Waals surface area contributed by atoms with Gasteiger partial charge < -0.3 is 5.32 Å².